The molecule has 0 amide bonds. The molecule has 0 unspecified atom stereocenters. The van der Waals surface area contributed by atoms with E-state index in [1.807, 2.05) is 6.92 Å². The molecule has 0 N–H and O–H groups in total. The number of hydrogen-bond donors (Lipinski definition) is 0. The highest BCUT2D eigenvalue weighted by Crippen LogP contribution is 2.23. The lowest BCUT2D eigenvalue weighted by molar-refractivity contribution is -0.513. The molecule has 21 heavy (non-hydrogen) atoms. The van der Waals surface area contributed by atoms with Crippen LogP contribution in [0.4, 0.5) is 0 Å². The van der Waals surface area contributed by atoms with Crippen molar-refractivity contribution in [2.24, 2.45) is 10.8 Å². The van der Waals surface area contributed by atoms with Crippen LogP contribution in [0.25, 0.3) is 0 Å². The number of rotatable bonds is 10. The van der Waals surface area contributed by atoms with Gasteiger partial charge in [0.25, 0.3) is 0 Å². The zero-order chi connectivity index (χ0) is 16.6. The van der Waals surface area contributed by atoms with Crippen LogP contribution >= 0.6 is 0 Å². The standard InChI is InChI=1S/C16H34O5/c1-9-17-11-10-16(8,20-18-12-14(2,3)4)21-19-13-15(5,6)7/h9-13H2,1-8H3. The molecule has 0 saturated heterocycles. The summed E-state index contributed by atoms with van der Waals surface area (Å²) in [6.45, 7) is 18.3. The van der Waals surface area contributed by atoms with Crippen LogP contribution in [-0.2, 0) is 24.3 Å². The van der Waals surface area contributed by atoms with Crippen LogP contribution in [0.15, 0.2) is 0 Å². The number of ether oxygens (including phenoxy) is 1. The zero-order valence-corrected chi connectivity index (χ0v) is 15.1. The predicted molar refractivity (Wildman–Crippen MR) is 82.5 cm³/mol. The quantitative estimate of drug-likeness (QED) is 0.263. The monoisotopic (exact) mass is 306 g/mol. The molecule has 0 aromatic carbocycles. The van der Waals surface area contributed by atoms with Crippen molar-refractivity contribution >= 4 is 0 Å². The van der Waals surface area contributed by atoms with Gasteiger partial charge in [0.1, 0.15) is 0 Å². The van der Waals surface area contributed by atoms with Crippen molar-refractivity contribution in [2.75, 3.05) is 26.4 Å². The Kier molecular flexibility index (Phi) is 8.97. The van der Waals surface area contributed by atoms with Gasteiger partial charge in [-0.25, -0.2) is 9.78 Å². The first-order valence-electron chi connectivity index (χ1n) is 7.66. The summed E-state index contributed by atoms with van der Waals surface area (Å²) in [7, 11) is 0. The third-order valence-electron chi connectivity index (χ3n) is 2.36. The number of hydrogen-bond acceptors (Lipinski definition) is 5. The fourth-order valence-electron chi connectivity index (χ4n) is 1.16. The van der Waals surface area contributed by atoms with Crippen LogP contribution in [0.3, 0.4) is 0 Å². The van der Waals surface area contributed by atoms with E-state index in [1.165, 1.54) is 0 Å². The summed E-state index contributed by atoms with van der Waals surface area (Å²) in [6, 6.07) is 0. The van der Waals surface area contributed by atoms with Crippen molar-refractivity contribution in [2.45, 2.75) is 67.6 Å². The second-order valence-electron chi connectivity index (χ2n) is 7.89. The molecule has 0 radical (unpaired) electrons. The second kappa shape index (κ2) is 9.06. The van der Waals surface area contributed by atoms with E-state index in [4.69, 9.17) is 24.3 Å². The van der Waals surface area contributed by atoms with Gasteiger partial charge >= 0.3 is 0 Å². The maximum atomic E-state index is 5.44. The highest BCUT2D eigenvalue weighted by molar-refractivity contribution is 4.62. The molecule has 5 heteroatoms. The van der Waals surface area contributed by atoms with Crippen LogP contribution in [0.1, 0.15) is 61.8 Å². The molecule has 0 saturated carbocycles. The fourth-order valence-corrected chi connectivity index (χ4v) is 1.16. The Morgan fingerprint density at radius 2 is 1.14 bits per heavy atom. The van der Waals surface area contributed by atoms with Crippen molar-refractivity contribution in [1.82, 2.24) is 0 Å². The van der Waals surface area contributed by atoms with Crippen LogP contribution in [0.2, 0.25) is 0 Å². The van der Waals surface area contributed by atoms with Gasteiger partial charge in [0.15, 0.2) is 0 Å². The Hall–Kier alpha value is -0.200. The Labute approximate surface area is 130 Å². The van der Waals surface area contributed by atoms with Gasteiger partial charge in [-0.2, -0.15) is 9.78 Å². The molecule has 0 heterocycles. The maximum absolute atomic E-state index is 5.44. The molecule has 0 aliphatic rings. The minimum atomic E-state index is -0.980. The molecule has 0 aromatic rings. The van der Waals surface area contributed by atoms with Gasteiger partial charge in [-0.15, -0.1) is 0 Å². The first kappa shape index (κ1) is 20.8. The molecule has 128 valence electrons. The maximum Gasteiger partial charge on any atom is 0.233 e. The first-order chi connectivity index (χ1) is 9.47. The summed E-state index contributed by atoms with van der Waals surface area (Å²) in [5.41, 5.74) is 0.0419. The van der Waals surface area contributed by atoms with E-state index in [1.54, 1.807) is 6.92 Å². The highest BCUT2D eigenvalue weighted by atomic mass is 17.3. The molecule has 0 fully saturated rings. The lowest BCUT2D eigenvalue weighted by Gasteiger charge is -2.29. The zero-order valence-electron chi connectivity index (χ0n) is 15.1. The molecule has 0 spiro atoms. The Morgan fingerprint density at radius 1 is 0.714 bits per heavy atom. The topological polar surface area (TPSA) is 46.2 Å². The molecular formula is C16H34O5. The summed E-state index contributed by atoms with van der Waals surface area (Å²) in [5, 5.41) is 0. The lowest BCUT2D eigenvalue weighted by atomic mass is 9.99. The lowest BCUT2D eigenvalue weighted by Crippen LogP contribution is -2.36. The van der Waals surface area contributed by atoms with E-state index in [9.17, 15) is 0 Å². The molecule has 0 rings (SSSR count). The summed E-state index contributed by atoms with van der Waals surface area (Å²) in [5.74, 6) is -0.980. The molecule has 0 bridgehead atoms. The van der Waals surface area contributed by atoms with Crippen molar-refractivity contribution in [1.29, 1.82) is 0 Å². The van der Waals surface area contributed by atoms with Crippen LogP contribution < -0.4 is 0 Å². The Balaban J connectivity index is 4.32. The molecule has 0 aromatic heterocycles. The van der Waals surface area contributed by atoms with Crippen LogP contribution in [-0.4, -0.2) is 32.2 Å². The van der Waals surface area contributed by atoms with Gasteiger partial charge < -0.3 is 4.74 Å². The van der Waals surface area contributed by atoms with Gasteiger partial charge in [0.05, 0.1) is 19.8 Å². The molecule has 0 aliphatic heterocycles. The highest BCUT2D eigenvalue weighted by Gasteiger charge is 2.31. The average molecular weight is 306 g/mol. The predicted octanol–water partition coefficient (Wildman–Crippen LogP) is 4.12. The minimum absolute atomic E-state index is 0.0209. The molecular weight excluding hydrogens is 272 g/mol. The van der Waals surface area contributed by atoms with E-state index < -0.39 is 5.79 Å². The Bertz CT molecular complexity index is 245. The fraction of sp³-hybridized carbons (Fsp3) is 1.00. The van der Waals surface area contributed by atoms with Gasteiger partial charge in [0.2, 0.25) is 5.79 Å². The Morgan fingerprint density at radius 3 is 1.48 bits per heavy atom. The van der Waals surface area contributed by atoms with Crippen molar-refractivity contribution in [3.8, 4) is 0 Å². The van der Waals surface area contributed by atoms with E-state index in [-0.39, 0.29) is 10.8 Å². The van der Waals surface area contributed by atoms with Crippen LogP contribution in [0, 0.1) is 10.8 Å². The van der Waals surface area contributed by atoms with Crippen molar-refractivity contribution in [3.05, 3.63) is 0 Å². The van der Waals surface area contributed by atoms with Crippen LogP contribution in [0.5, 0.6) is 0 Å². The third kappa shape index (κ3) is 13.2. The van der Waals surface area contributed by atoms with Gasteiger partial charge in [-0.3, -0.25) is 0 Å². The summed E-state index contributed by atoms with van der Waals surface area (Å²) >= 11 is 0. The van der Waals surface area contributed by atoms with E-state index in [2.05, 4.69) is 41.5 Å². The van der Waals surface area contributed by atoms with E-state index in [0.717, 1.165) is 0 Å². The second-order valence-corrected chi connectivity index (χ2v) is 7.89. The molecule has 0 aliphatic carbocycles. The van der Waals surface area contributed by atoms with Crippen molar-refractivity contribution < 1.29 is 24.3 Å². The van der Waals surface area contributed by atoms with Gasteiger partial charge in [0, 0.05) is 13.0 Å². The summed E-state index contributed by atoms with van der Waals surface area (Å²) < 4.78 is 5.35. The van der Waals surface area contributed by atoms with Gasteiger partial charge in [-0.05, 0) is 24.7 Å². The van der Waals surface area contributed by atoms with E-state index >= 15 is 0 Å². The van der Waals surface area contributed by atoms with E-state index in [0.29, 0.717) is 32.8 Å². The third-order valence-corrected chi connectivity index (χ3v) is 2.36. The largest absolute Gasteiger partial charge is 0.382 e. The normalized spacial score (nSPS) is 13.7. The van der Waals surface area contributed by atoms with Gasteiger partial charge in [-0.1, -0.05) is 41.5 Å². The molecule has 0 atom stereocenters. The smallest absolute Gasteiger partial charge is 0.233 e. The molecule has 5 nitrogen and oxygen atoms in total. The van der Waals surface area contributed by atoms with Crippen molar-refractivity contribution in [3.63, 3.8) is 0 Å². The average Bonchev–Trinajstić information content (AvgIpc) is 2.25. The summed E-state index contributed by atoms with van der Waals surface area (Å²) in [4.78, 5) is 21.5. The SMILES string of the molecule is CCOCCC(C)(OOCC(C)(C)C)OOCC(C)(C)C. The summed E-state index contributed by atoms with van der Waals surface area (Å²) in [6.07, 6.45) is 0.523. The minimum Gasteiger partial charge on any atom is -0.382 e. The first-order valence-corrected chi connectivity index (χ1v) is 7.66.